The molecule has 0 bridgehead atoms. The van der Waals surface area contributed by atoms with Gasteiger partial charge < -0.3 is 5.11 Å². The Balaban J connectivity index is 2.09. The molecule has 0 aromatic carbocycles. The number of likely N-dealkylation sites (tertiary alicyclic amines) is 1. The van der Waals surface area contributed by atoms with Crippen molar-refractivity contribution < 1.29 is 23.1 Å². The standard InChI is InChI=1S/C14H22F3NO2/c1-9-4-5-11(13(19)20)12(7-9)18-6-2-3-10(8-18)14(15,16)17/h9-12H,2-8H2,1H3,(H,19,20). The summed E-state index contributed by atoms with van der Waals surface area (Å²) >= 11 is 0. The Labute approximate surface area is 117 Å². The number of hydrogen-bond acceptors (Lipinski definition) is 2. The molecule has 1 aliphatic carbocycles. The van der Waals surface area contributed by atoms with E-state index < -0.39 is 24.0 Å². The molecule has 2 fully saturated rings. The third-order valence-corrected chi connectivity index (χ3v) is 4.78. The van der Waals surface area contributed by atoms with Crippen LogP contribution < -0.4 is 0 Å². The number of alkyl halides is 3. The smallest absolute Gasteiger partial charge is 0.393 e. The SMILES string of the molecule is CC1CCC(C(=O)O)C(N2CCCC(C(F)(F)F)C2)C1. The van der Waals surface area contributed by atoms with Gasteiger partial charge in [0.15, 0.2) is 0 Å². The van der Waals surface area contributed by atoms with E-state index in [9.17, 15) is 23.1 Å². The summed E-state index contributed by atoms with van der Waals surface area (Å²) in [7, 11) is 0. The second kappa shape index (κ2) is 5.92. The Morgan fingerprint density at radius 2 is 1.95 bits per heavy atom. The highest BCUT2D eigenvalue weighted by atomic mass is 19.4. The Morgan fingerprint density at radius 3 is 2.55 bits per heavy atom. The number of halogens is 3. The first-order valence-electron chi connectivity index (χ1n) is 7.32. The van der Waals surface area contributed by atoms with Crippen molar-refractivity contribution in [2.75, 3.05) is 13.1 Å². The third kappa shape index (κ3) is 3.45. The normalized spacial score (nSPS) is 36.8. The number of hydrogen-bond donors (Lipinski definition) is 1. The quantitative estimate of drug-likeness (QED) is 0.850. The molecule has 0 aromatic heterocycles. The molecular formula is C14H22F3NO2. The second-order valence-corrected chi connectivity index (χ2v) is 6.31. The highest BCUT2D eigenvalue weighted by Crippen LogP contribution is 2.38. The first-order valence-corrected chi connectivity index (χ1v) is 7.32. The molecule has 6 heteroatoms. The van der Waals surface area contributed by atoms with Gasteiger partial charge in [0.25, 0.3) is 0 Å². The second-order valence-electron chi connectivity index (χ2n) is 6.31. The minimum atomic E-state index is -4.17. The third-order valence-electron chi connectivity index (χ3n) is 4.78. The largest absolute Gasteiger partial charge is 0.481 e. The molecule has 0 radical (unpaired) electrons. The molecule has 116 valence electrons. The number of carboxylic acids is 1. The maximum atomic E-state index is 12.9. The molecule has 0 aromatic rings. The van der Waals surface area contributed by atoms with Crippen molar-refractivity contribution in [1.29, 1.82) is 0 Å². The van der Waals surface area contributed by atoms with Crippen molar-refractivity contribution in [3.05, 3.63) is 0 Å². The fraction of sp³-hybridized carbons (Fsp3) is 0.929. The van der Waals surface area contributed by atoms with Gasteiger partial charge in [0.05, 0.1) is 11.8 Å². The van der Waals surface area contributed by atoms with Gasteiger partial charge in [-0.3, -0.25) is 9.69 Å². The van der Waals surface area contributed by atoms with Crippen LogP contribution in [0.4, 0.5) is 13.2 Å². The van der Waals surface area contributed by atoms with Crippen LogP contribution in [0, 0.1) is 17.8 Å². The van der Waals surface area contributed by atoms with Crippen molar-refractivity contribution in [1.82, 2.24) is 4.90 Å². The van der Waals surface area contributed by atoms with Crippen molar-refractivity contribution in [3.63, 3.8) is 0 Å². The lowest BCUT2D eigenvalue weighted by Crippen LogP contribution is -2.52. The van der Waals surface area contributed by atoms with E-state index in [0.29, 0.717) is 31.7 Å². The van der Waals surface area contributed by atoms with E-state index in [1.165, 1.54) is 0 Å². The van der Waals surface area contributed by atoms with E-state index in [-0.39, 0.29) is 19.0 Å². The Bertz CT molecular complexity index is 359. The summed E-state index contributed by atoms with van der Waals surface area (Å²) in [5.41, 5.74) is 0. The number of nitrogens with zero attached hydrogens (tertiary/aromatic N) is 1. The zero-order valence-corrected chi connectivity index (χ0v) is 11.7. The first-order chi connectivity index (χ1) is 9.29. The summed E-state index contributed by atoms with van der Waals surface area (Å²) in [6.45, 7) is 2.61. The molecule has 2 rings (SSSR count). The molecule has 0 spiro atoms. The van der Waals surface area contributed by atoms with Crippen molar-refractivity contribution in [2.45, 2.75) is 51.2 Å². The van der Waals surface area contributed by atoms with Crippen LogP contribution in [0.15, 0.2) is 0 Å². The van der Waals surface area contributed by atoms with Gasteiger partial charge in [0.1, 0.15) is 0 Å². The summed E-state index contributed by atoms with van der Waals surface area (Å²) in [5, 5.41) is 9.30. The summed E-state index contributed by atoms with van der Waals surface area (Å²) in [5.74, 6) is -2.29. The van der Waals surface area contributed by atoms with E-state index in [2.05, 4.69) is 6.92 Å². The van der Waals surface area contributed by atoms with Crippen LogP contribution in [0.1, 0.15) is 39.0 Å². The highest BCUT2D eigenvalue weighted by Gasteiger charge is 2.45. The van der Waals surface area contributed by atoms with E-state index in [0.717, 1.165) is 6.42 Å². The molecule has 0 amide bonds. The van der Waals surface area contributed by atoms with Crippen LogP contribution >= 0.6 is 0 Å². The van der Waals surface area contributed by atoms with Crippen molar-refractivity contribution in [3.8, 4) is 0 Å². The number of carbonyl (C=O) groups is 1. The topological polar surface area (TPSA) is 40.5 Å². The Morgan fingerprint density at radius 1 is 1.25 bits per heavy atom. The molecule has 1 N–H and O–H groups in total. The van der Waals surface area contributed by atoms with E-state index in [1.807, 2.05) is 0 Å². The lowest BCUT2D eigenvalue weighted by Gasteiger charge is -2.44. The van der Waals surface area contributed by atoms with Crippen LogP contribution in [0.5, 0.6) is 0 Å². The molecule has 1 saturated heterocycles. The fourth-order valence-corrected chi connectivity index (χ4v) is 3.62. The summed E-state index contributed by atoms with van der Waals surface area (Å²) in [6.07, 6.45) is -1.38. The minimum absolute atomic E-state index is 0.0370. The van der Waals surface area contributed by atoms with E-state index >= 15 is 0 Å². The number of carboxylic acid groups (broad SMARTS) is 1. The van der Waals surface area contributed by atoms with Gasteiger partial charge in [-0.25, -0.2) is 0 Å². The monoisotopic (exact) mass is 293 g/mol. The van der Waals surface area contributed by atoms with Crippen LogP contribution in [-0.2, 0) is 4.79 Å². The maximum absolute atomic E-state index is 12.9. The molecule has 4 atom stereocenters. The van der Waals surface area contributed by atoms with Crippen molar-refractivity contribution in [2.24, 2.45) is 17.8 Å². The lowest BCUT2D eigenvalue weighted by atomic mass is 9.77. The van der Waals surface area contributed by atoms with Crippen LogP contribution in [0.2, 0.25) is 0 Å². The Kier molecular flexibility index (Phi) is 4.62. The Hall–Kier alpha value is -0.780. The molecule has 3 nitrogen and oxygen atoms in total. The summed E-state index contributed by atoms with van der Waals surface area (Å²) < 4.78 is 38.6. The molecule has 4 unspecified atom stereocenters. The van der Waals surface area contributed by atoms with Gasteiger partial charge in [0.2, 0.25) is 0 Å². The van der Waals surface area contributed by atoms with Gasteiger partial charge >= 0.3 is 12.1 Å². The number of rotatable bonds is 2. The average molecular weight is 293 g/mol. The lowest BCUT2D eigenvalue weighted by molar-refractivity contribution is -0.190. The molecule has 1 saturated carbocycles. The fourth-order valence-electron chi connectivity index (χ4n) is 3.62. The zero-order valence-electron chi connectivity index (χ0n) is 11.7. The average Bonchev–Trinajstić information content (AvgIpc) is 2.37. The van der Waals surface area contributed by atoms with Crippen LogP contribution in [-0.4, -0.2) is 41.3 Å². The van der Waals surface area contributed by atoms with Crippen LogP contribution in [0.25, 0.3) is 0 Å². The van der Waals surface area contributed by atoms with Crippen LogP contribution in [0.3, 0.4) is 0 Å². The van der Waals surface area contributed by atoms with E-state index in [4.69, 9.17) is 0 Å². The molecular weight excluding hydrogens is 271 g/mol. The van der Waals surface area contributed by atoms with Gasteiger partial charge in [0, 0.05) is 12.6 Å². The van der Waals surface area contributed by atoms with Gasteiger partial charge in [-0.15, -0.1) is 0 Å². The van der Waals surface area contributed by atoms with Gasteiger partial charge in [-0.05, 0) is 44.6 Å². The molecule has 1 aliphatic heterocycles. The zero-order chi connectivity index (χ0) is 14.9. The summed E-state index contributed by atoms with van der Waals surface area (Å²) in [6, 6.07) is -0.235. The summed E-state index contributed by atoms with van der Waals surface area (Å²) in [4.78, 5) is 13.1. The van der Waals surface area contributed by atoms with E-state index in [1.54, 1.807) is 4.90 Å². The van der Waals surface area contributed by atoms with Gasteiger partial charge in [-0.1, -0.05) is 6.92 Å². The first kappa shape index (κ1) is 15.6. The molecule has 20 heavy (non-hydrogen) atoms. The molecule has 1 heterocycles. The minimum Gasteiger partial charge on any atom is -0.481 e. The predicted octanol–water partition coefficient (Wildman–Crippen LogP) is 3.15. The highest BCUT2D eigenvalue weighted by molar-refractivity contribution is 5.71. The maximum Gasteiger partial charge on any atom is 0.393 e. The van der Waals surface area contributed by atoms with Crippen molar-refractivity contribution >= 4 is 5.97 Å². The predicted molar refractivity (Wildman–Crippen MR) is 68.3 cm³/mol. The van der Waals surface area contributed by atoms with Gasteiger partial charge in [-0.2, -0.15) is 13.2 Å². The number of aliphatic carboxylic acids is 1. The number of piperidine rings is 1. The molecule has 2 aliphatic rings.